The van der Waals surface area contributed by atoms with E-state index in [1.165, 1.54) is 45.3 Å². The van der Waals surface area contributed by atoms with E-state index >= 15 is 0 Å². The van der Waals surface area contributed by atoms with Crippen LogP contribution in [0.5, 0.6) is 0 Å². The minimum absolute atomic E-state index is 0.358. The molecule has 3 saturated heterocycles. The van der Waals surface area contributed by atoms with Crippen LogP contribution in [0, 0.1) is 5.41 Å². The van der Waals surface area contributed by atoms with Crippen molar-refractivity contribution in [1.82, 2.24) is 15.1 Å². The first-order valence-electron chi connectivity index (χ1n) is 7.89. The Hall–Kier alpha value is -0.160. The summed E-state index contributed by atoms with van der Waals surface area (Å²) in [6.07, 6.45) is 5.38. The molecule has 3 heterocycles. The second-order valence-electron chi connectivity index (χ2n) is 6.91. The molecule has 3 rings (SSSR count). The molecular weight excluding hydrogens is 238 g/mol. The van der Waals surface area contributed by atoms with Gasteiger partial charge in [0.2, 0.25) is 0 Å². The van der Waals surface area contributed by atoms with Gasteiger partial charge < -0.3 is 15.0 Å². The Balaban J connectivity index is 1.63. The molecular formula is C15H29N3O. The minimum Gasteiger partial charge on any atom is -0.381 e. The number of likely N-dealkylation sites (tertiary alicyclic amines) is 1. The summed E-state index contributed by atoms with van der Waals surface area (Å²) in [7, 11) is 4.39. The lowest BCUT2D eigenvalue weighted by molar-refractivity contribution is 0.104. The van der Waals surface area contributed by atoms with Crippen molar-refractivity contribution in [2.45, 2.75) is 37.8 Å². The van der Waals surface area contributed by atoms with E-state index in [4.69, 9.17) is 4.74 Å². The molecule has 0 aromatic carbocycles. The minimum atomic E-state index is 0.358. The van der Waals surface area contributed by atoms with Crippen LogP contribution in [0.4, 0.5) is 0 Å². The van der Waals surface area contributed by atoms with Crippen molar-refractivity contribution in [1.29, 1.82) is 0 Å². The van der Waals surface area contributed by atoms with Gasteiger partial charge in [-0.05, 0) is 46.3 Å². The second kappa shape index (κ2) is 5.68. The fourth-order valence-corrected chi connectivity index (χ4v) is 4.34. The van der Waals surface area contributed by atoms with E-state index in [0.29, 0.717) is 5.41 Å². The highest BCUT2D eigenvalue weighted by molar-refractivity contribution is 4.94. The van der Waals surface area contributed by atoms with Gasteiger partial charge in [-0.1, -0.05) is 0 Å². The average Bonchev–Trinajstić information content (AvgIpc) is 2.91. The number of hydrogen-bond acceptors (Lipinski definition) is 4. The second-order valence-corrected chi connectivity index (χ2v) is 6.91. The van der Waals surface area contributed by atoms with Crippen LogP contribution >= 0.6 is 0 Å². The molecule has 3 atom stereocenters. The summed E-state index contributed by atoms with van der Waals surface area (Å²) in [4.78, 5) is 5.35. The number of nitrogens with zero attached hydrogens (tertiary/aromatic N) is 2. The fraction of sp³-hybridized carbons (Fsp3) is 1.00. The number of rotatable bonds is 4. The molecule has 0 saturated carbocycles. The van der Waals surface area contributed by atoms with Crippen molar-refractivity contribution in [3.05, 3.63) is 0 Å². The molecule has 19 heavy (non-hydrogen) atoms. The molecule has 0 amide bonds. The zero-order valence-corrected chi connectivity index (χ0v) is 12.5. The molecule has 0 spiro atoms. The van der Waals surface area contributed by atoms with Crippen LogP contribution < -0.4 is 5.32 Å². The summed E-state index contributed by atoms with van der Waals surface area (Å²) in [5, 5.41) is 3.38. The normalized spacial score (nSPS) is 40.7. The van der Waals surface area contributed by atoms with Gasteiger partial charge in [0.05, 0.1) is 6.61 Å². The molecule has 0 radical (unpaired) electrons. The van der Waals surface area contributed by atoms with Crippen molar-refractivity contribution in [3.63, 3.8) is 0 Å². The van der Waals surface area contributed by atoms with Gasteiger partial charge in [0, 0.05) is 43.7 Å². The number of hydrogen-bond donors (Lipinski definition) is 1. The smallest absolute Gasteiger partial charge is 0.0547 e. The Kier molecular flexibility index (Phi) is 4.13. The maximum absolute atomic E-state index is 5.69. The van der Waals surface area contributed by atoms with E-state index in [-0.39, 0.29) is 0 Å². The van der Waals surface area contributed by atoms with E-state index in [2.05, 4.69) is 29.2 Å². The number of ether oxygens (including phenoxy) is 1. The molecule has 0 aliphatic carbocycles. The number of likely N-dealkylation sites (N-methyl/N-ethyl adjacent to an activating group) is 1. The average molecular weight is 267 g/mol. The number of nitrogens with one attached hydrogen (secondary N) is 1. The van der Waals surface area contributed by atoms with Crippen LogP contribution in [-0.2, 0) is 4.74 Å². The van der Waals surface area contributed by atoms with Gasteiger partial charge in [-0.25, -0.2) is 0 Å². The summed E-state index contributed by atoms with van der Waals surface area (Å²) in [5.74, 6) is 0. The van der Waals surface area contributed by atoms with E-state index in [1.54, 1.807) is 0 Å². The summed E-state index contributed by atoms with van der Waals surface area (Å²) in [6.45, 7) is 6.73. The lowest BCUT2D eigenvalue weighted by Gasteiger charge is -2.35. The van der Waals surface area contributed by atoms with E-state index in [1.807, 2.05) is 0 Å². The first-order chi connectivity index (χ1) is 9.22. The SMILES string of the molecule is CNCC1(CN2CCC3CCC(C2)N3C)CCOC1. The summed E-state index contributed by atoms with van der Waals surface area (Å²) in [5.41, 5.74) is 0.358. The van der Waals surface area contributed by atoms with Gasteiger partial charge in [-0.3, -0.25) is 4.90 Å². The van der Waals surface area contributed by atoms with Gasteiger partial charge in [0.15, 0.2) is 0 Å². The maximum atomic E-state index is 5.69. The van der Waals surface area contributed by atoms with Gasteiger partial charge >= 0.3 is 0 Å². The van der Waals surface area contributed by atoms with E-state index in [0.717, 1.165) is 31.8 Å². The monoisotopic (exact) mass is 267 g/mol. The van der Waals surface area contributed by atoms with Crippen LogP contribution in [-0.4, -0.2) is 75.4 Å². The van der Waals surface area contributed by atoms with E-state index < -0.39 is 0 Å². The molecule has 1 N–H and O–H groups in total. The largest absolute Gasteiger partial charge is 0.381 e. The van der Waals surface area contributed by atoms with Gasteiger partial charge in [0.1, 0.15) is 0 Å². The number of fused-ring (bicyclic) bond motifs is 2. The quantitative estimate of drug-likeness (QED) is 0.815. The van der Waals surface area contributed by atoms with Crippen LogP contribution in [0.25, 0.3) is 0 Å². The summed E-state index contributed by atoms with van der Waals surface area (Å²) in [6, 6.07) is 1.64. The molecule has 4 nitrogen and oxygen atoms in total. The molecule has 3 aliphatic heterocycles. The molecule has 3 fully saturated rings. The lowest BCUT2D eigenvalue weighted by atomic mass is 9.86. The summed E-state index contributed by atoms with van der Waals surface area (Å²) >= 11 is 0. The van der Waals surface area contributed by atoms with E-state index in [9.17, 15) is 0 Å². The highest BCUT2D eigenvalue weighted by atomic mass is 16.5. The van der Waals surface area contributed by atoms with Crippen molar-refractivity contribution in [3.8, 4) is 0 Å². The third-order valence-electron chi connectivity index (χ3n) is 5.53. The maximum Gasteiger partial charge on any atom is 0.0547 e. The van der Waals surface area contributed by atoms with Crippen molar-refractivity contribution in [2.24, 2.45) is 5.41 Å². The van der Waals surface area contributed by atoms with Gasteiger partial charge in [-0.15, -0.1) is 0 Å². The molecule has 4 heteroatoms. The first kappa shape index (κ1) is 13.8. The summed E-state index contributed by atoms with van der Waals surface area (Å²) < 4.78 is 5.69. The van der Waals surface area contributed by atoms with Crippen LogP contribution in [0.1, 0.15) is 25.7 Å². The van der Waals surface area contributed by atoms with Gasteiger partial charge in [0.25, 0.3) is 0 Å². The molecule has 110 valence electrons. The Morgan fingerprint density at radius 3 is 2.84 bits per heavy atom. The van der Waals surface area contributed by atoms with Gasteiger partial charge in [-0.2, -0.15) is 0 Å². The van der Waals surface area contributed by atoms with Crippen molar-refractivity contribution in [2.75, 3.05) is 53.5 Å². The molecule has 3 unspecified atom stereocenters. The fourth-order valence-electron chi connectivity index (χ4n) is 4.34. The Bertz CT molecular complexity index is 304. The first-order valence-corrected chi connectivity index (χ1v) is 7.89. The van der Waals surface area contributed by atoms with Crippen LogP contribution in [0.2, 0.25) is 0 Å². The third kappa shape index (κ3) is 2.82. The Morgan fingerprint density at radius 2 is 2.11 bits per heavy atom. The standard InChI is InChI=1S/C15H29N3O/c1-16-10-15(6-8-19-12-15)11-18-7-5-13-3-4-14(9-18)17(13)2/h13-14,16H,3-12H2,1-2H3. The Morgan fingerprint density at radius 1 is 1.26 bits per heavy atom. The zero-order valence-electron chi connectivity index (χ0n) is 12.5. The van der Waals surface area contributed by atoms with Crippen molar-refractivity contribution >= 4 is 0 Å². The van der Waals surface area contributed by atoms with Crippen LogP contribution in [0.3, 0.4) is 0 Å². The molecule has 3 aliphatic rings. The molecule has 2 bridgehead atoms. The van der Waals surface area contributed by atoms with Crippen LogP contribution in [0.15, 0.2) is 0 Å². The Labute approximate surface area is 117 Å². The predicted octanol–water partition coefficient (Wildman–Crippen LogP) is 0.781. The molecule has 0 aromatic heterocycles. The topological polar surface area (TPSA) is 27.7 Å². The lowest BCUT2D eigenvalue weighted by Crippen LogP contribution is -2.46. The molecule has 0 aromatic rings. The zero-order chi connectivity index (χ0) is 13.3. The third-order valence-corrected chi connectivity index (χ3v) is 5.53. The highest BCUT2D eigenvalue weighted by Gasteiger charge is 2.40. The highest BCUT2D eigenvalue weighted by Crippen LogP contribution is 2.33. The predicted molar refractivity (Wildman–Crippen MR) is 77.4 cm³/mol. The van der Waals surface area contributed by atoms with Crippen molar-refractivity contribution < 1.29 is 4.74 Å².